The van der Waals surface area contributed by atoms with Gasteiger partial charge in [-0.3, -0.25) is 4.79 Å². The van der Waals surface area contributed by atoms with Crippen LogP contribution in [0.1, 0.15) is 65.2 Å². The lowest BCUT2D eigenvalue weighted by atomic mass is 10.2. The smallest absolute Gasteiger partial charge is 0.338 e. The molecule has 0 aliphatic rings. The number of carbonyl (C=O) groups is 2. The first kappa shape index (κ1) is 24.1. The summed E-state index contributed by atoms with van der Waals surface area (Å²) in [6, 6.07) is 5.24. The van der Waals surface area contributed by atoms with E-state index in [0.717, 1.165) is 0 Å². The molecule has 0 heterocycles. The van der Waals surface area contributed by atoms with Crippen LogP contribution in [0.2, 0.25) is 0 Å². The highest BCUT2D eigenvalue weighted by molar-refractivity contribution is 7.89. The Morgan fingerprint density at radius 1 is 1.00 bits per heavy atom. The van der Waals surface area contributed by atoms with E-state index in [1.807, 2.05) is 34.6 Å². The van der Waals surface area contributed by atoms with Crippen LogP contribution in [-0.4, -0.2) is 49.4 Å². The Kier molecular flexibility index (Phi) is 8.63. The van der Waals surface area contributed by atoms with E-state index in [1.54, 1.807) is 11.8 Å². The summed E-state index contributed by atoms with van der Waals surface area (Å²) in [6.07, 6.45) is -0.271. The summed E-state index contributed by atoms with van der Waals surface area (Å²) in [5.41, 5.74) is 0.183. The van der Waals surface area contributed by atoms with Gasteiger partial charge in [-0.15, -0.1) is 0 Å². The van der Waals surface area contributed by atoms with Crippen LogP contribution in [0.3, 0.4) is 0 Å². The zero-order chi connectivity index (χ0) is 21.6. The predicted molar refractivity (Wildman–Crippen MR) is 109 cm³/mol. The number of nitrogens with one attached hydrogen (secondary N) is 1. The molecular weight excluding hydrogens is 380 g/mol. The van der Waals surface area contributed by atoms with Crippen LogP contribution >= 0.6 is 0 Å². The summed E-state index contributed by atoms with van der Waals surface area (Å²) in [6.45, 7) is 12.8. The first-order valence-corrected chi connectivity index (χ1v) is 11.0. The van der Waals surface area contributed by atoms with Crippen molar-refractivity contribution in [1.29, 1.82) is 0 Å². The Labute approximate surface area is 168 Å². The summed E-state index contributed by atoms with van der Waals surface area (Å²) in [5, 5.41) is 0. The number of nitrogens with zero attached hydrogens (tertiary/aromatic N) is 1. The average molecular weight is 413 g/mol. The van der Waals surface area contributed by atoms with E-state index >= 15 is 0 Å². The molecule has 28 heavy (non-hydrogen) atoms. The summed E-state index contributed by atoms with van der Waals surface area (Å²) >= 11 is 0. The van der Waals surface area contributed by atoms with E-state index in [2.05, 4.69) is 4.72 Å². The van der Waals surface area contributed by atoms with Gasteiger partial charge in [-0.1, -0.05) is 6.92 Å². The number of sulfonamides is 1. The van der Waals surface area contributed by atoms with E-state index in [9.17, 15) is 18.0 Å². The molecule has 1 aromatic rings. The van der Waals surface area contributed by atoms with Crippen LogP contribution in [0.15, 0.2) is 29.2 Å². The second kappa shape index (κ2) is 10.0. The van der Waals surface area contributed by atoms with E-state index in [-0.39, 0.29) is 34.5 Å². The van der Waals surface area contributed by atoms with Gasteiger partial charge in [-0.25, -0.2) is 17.9 Å². The molecule has 1 N–H and O–H groups in total. The molecule has 7 nitrogen and oxygen atoms in total. The van der Waals surface area contributed by atoms with Crippen molar-refractivity contribution in [3.05, 3.63) is 29.8 Å². The van der Waals surface area contributed by atoms with Crippen LogP contribution < -0.4 is 4.72 Å². The highest BCUT2D eigenvalue weighted by Crippen LogP contribution is 2.15. The summed E-state index contributed by atoms with van der Waals surface area (Å²) in [4.78, 5) is 26.6. The largest absolute Gasteiger partial charge is 0.449 e. The molecule has 0 spiro atoms. The minimum atomic E-state index is -3.64. The Hall–Kier alpha value is -1.93. The number of carbonyl (C=O) groups excluding carboxylic acids is 2. The van der Waals surface area contributed by atoms with Gasteiger partial charge < -0.3 is 9.64 Å². The molecule has 0 unspecified atom stereocenters. The third kappa shape index (κ3) is 6.31. The van der Waals surface area contributed by atoms with Crippen molar-refractivity contribution >= 4 is 21.9 Å². The molecule has 158 valence electrons. The van der Waals surface area contributed by atoms with Gasteiger partial charge in [-0.2, -0.15) is 0 Å². The van der Waals surface area contributed by atoms with Crippen LogP contribution in [0.5, 0.6) is 0 Å². The van der Waals surface area contributed by atoms with Crippen molar-refractivity contribution in [1.82, 2.24) is 9.62 Å². The minimum Gasteiger partial charge on any atom is -0.449 e. The van der Waals surface area contributed by atoms with Gasteiger partial charge in [0, 0.05) is 18.1 Å². The van der Waals surface area contributed by atoms with Crippen molar-refractivity contribution in [3.8, 4) is 0 Å². The lowest BCUT2D eigenvalue weighted by molar-refractivity contribution is -0.143. The van der Waals surface area contributed by atoms with Gasteiger partial charge in [0.1, 0.15) is 0 Å². The van der Waals surface area contributed by atoms with Crippen molar-refractivity contribution in [2.45, 2.75) is 84.0 Å². The minimum absolute atomic E-state index is 0.0174. The molecule has 1 aromatic carbocycles. The van der Waals surface area contributed by atoms with Crippen LogP contribution in [0.4, 0.5) is 0 Å². The number of amides is 1. The monoisotopic (exact) mass is 412 g/mol. The number of rotatable bonds is 9. The average Bonchev–Trinajstić information content (AvgIpc) is 2.60. The Morgan fingerprint density at radius 3 is 1.93 bits per heavy atom. The van der Waals surface area contributed by atoms with Gasteiger partial charge in [0.2, 0.25) is 10.0 Å². The Bertz CT molecular complexity index is 764. The molecule has 0 aromatic heterocycles. The number of esters is 1. The quantitative estimate of drug-likeness (QED) is 0.630. The normalized spacial score (nSPS) is 14.0. The molecule has 0 aliphatic heterocycles. The fourth-order valence-electron chi connectivity index (χ4n) is 2.78. The fraction of sp³-hybridized carbons (Fsp3) is 0.600. The molecule has 0 fully saturated rings. The van der Waals surface area contributed by atoms with E-state index < -0.39 is 22.1 Å². The van der Waals surface area contributed by atoms with E-state index in [0.29, 0.717) is 6.42 Å². The van der Waals surface area contributed by atoms with Gasteiger partial charge in [0.05, 0.1) is 10.5 Å². The van der Waals surface area contributed by atoms with Crippen LogP contribution in [-0.2, 0) is 19.6 Å². The molecular formula is C20H32N2O5S. The third-order valence-corrected chi connectivity index (χ3v) is 5.97. The number of ether oxygens (including phenoxy) is 1. The summed E-state index contributed by atoms with van der Waals surface area (Å²) < 4.78 is 32.4. The van der Waals surface area contributed by atoms with Crippen molar-refractivity contribution in [3.63, 3.8) is 0 Å². The summed E-state index contributed by atoms with van der Waals surface area (Å²) in [5.74, 6) is -0.942. The van der Waals surface area contributed by atoms with Gasteiger partial charge in [-0.05, 0) is 72.2 Å². The molecule has 0 bridgehead atoms. The molecule has 1 amide bonds. The lowest BCUT2D eigenvalue weighted by Crippen LogP contribution is -2.47. The molecule has 2 atom stereocenters. The lowest BCUT2D eigenvalue weighted by Gasteiger charge is -2.32. The second-order valence-corrected chi connectivity index (χ2v) is 9.15. The summed E-state index contributed by atoms with van der Waals surface area (Å²) in [7, 11) is -3.64. The van der Waals surface area contributed by atoms with Crippen molar-refractivity contribution < 1.29 is 22.7 Å². The number of hydrogen-bond donors (Lipinski definition) is 1. The van der Waals surface area contributed by atoms with E-state index in [4.69, 9.17) is 4.74 Å². The molecule has 0 saturated heterocycles. The number of hydrogen-bond acceptors (Lipinski definition) is 5. The molecule has 0 radical (unpaired) electrons. The first-order chi connectivity index (χ1) is 12.9. The topological polar surface area (TPSA) is 92.8 Å². The standard InChI is InChI=1S/C20H32N2O5S/c1-8-15(6)21-28(25,26)18-11-9-17(10-12-18)20(24)27-16(7)19(23)22(13(2)3)14(4)5/h9-16,21H,8H2,1-7H3/t15-,16-/m0/s1. The molecule has 8 heteroatoms. The van der Waals surface area contributed by atoms with Gasteiger partial charge >= 0.3 is 5.97 Å². The zero-order valence-electron chi connectivity index (χ0n) is 17.7. The second-order valence-electron chi connectivity index (χ2n) is 7.44. The highest BCUT2D eigenvalue weighted by atomic mass is 32.2. The van der Waals surface area contributed by atoms with Crippen LogP contribution in [0, 0.1) is 0 Å². The maximum absolute atomic E-state index is 12.6. The molecule has 0 saturated carbocycles. The number of benzene rings is 1. The Morgan fingerprint density at radius 2 is 1.50 bits per heavy atom. The van der Waals surface area contributed by atoms with Gasteiger partial charge in [0.25, 0.3) is 5.91 Å². The molecule has 1 rings (SSSR count). The predicted octanol–water partition coefficient (Wildman–Crippen LogP) is 2.95. The fourth-order valence-corrected chi connectivity index (χ4v) is 4.11. The third-order valence-electron chi connectivity index (χ3n) is 4.37. The maximum Gasteiger partial charge on any atom is 0.338 e. The highest BCUT2D eigenvalue weighted by Gasteiger charge is 2.28. The molecule has 0 aliphatic carbocycles. The van der Waals surface area contributed by atoms with Crippen molar-refractivity contribution in [2.24, 2.45) is 0 Å². The zero-order valence-corrected chi connectivity index (χ0v) is 18.5. The maximum atomic E-state index is 12.6. The van der Waals surface area contributed by atoms with Crippen LogP contribution in [0.25, 0.3) is 0 Å². The first-order valence-electron chi connectivity index (χ1n) is 9.56. The van der Waals surface area contributed by atoms with Crippen molar-refractivity contribution in [2.75, 3.05) is 0 Å². The van der Waals surface area contributed by atoms with Gasteiger partial charge in [0.15, 0.2) is 6.10 Å². The SMILES string of the molecule is CC[C@H](C)NS(=O)(=O)c1ccc(C(=O)O[C@@H](C)C(=O)N(C(C)C)C(C)C)cc1. The Balaban J connectivity index is 2.87. The van der Waals surface area contributed by atoms with E-state index in [1.165, 1.54) is 31.2 Å².